The van der Waals surface area contributed by atoms with Crippen molar-refractivity contribution < 1.29 is 19.4 Å². The van der Waals surface area contributed by atoms with Crippen LogP contribution in [-0.2, 0) is 14.3 Å². The van der Waals surface area contributed by atoms with Gasteiger partial charge in [-0.05, 0) is 41.3 Å². The smallest absolute Gasteiger partial charge is 0.330 e. The summed E-state index contributed by atoms with van der Waals surface area (Å²) in [5.74, 6) is -1.31. The largest absolute Gasteiger partial charge is 0.478 e. The third-order valence-electron chi connectivity index (χ3n) is 3.46. The summed E-state index contributed by atoms with van der Waals surface area (Å²) in [5, 5.41) is 8.62. The number of ether oxygens (including phenoxy) is 1. The van der Waals surface area contributed by atoms with Crippen LogP contribution in [0.1, 0.15) is 29.2 Å². The van der Waals surface area contributed by atoms with Gasteiger partial charge in [0.1, 0.15) is 0 Å². The molecule has 0 bridgehead atoms. The van der Waals surface area contributed by atoms with Crippen molar-refractivity contribution in [2.75, 3.05) is 6.61 Å². The van der Waals surface area contributed by atoms with E-state index in [1.807, 2.05) is 60.7 Å². The molecule has 0 fully saturated rings. The van der Waals surface area contributed by atoms with Crippen molar-refractivity contribution in [3.05, 3.63) is 82.9 Å². The van der Waals surface area contributed by atoms with Gasteiger partial charge in [-0.15, -0.1) is 0 Å². The molecule has 0 aromatic heterocycles. The highest BCUT2D eigenvalue weighted by Crippen LogP contribution is 2.12. The summed E-state index contributed by atoms with van der Waals surface area (Å²) < 4.78 is 4.84. The fourth-order valence-corrected chi connectivity index (χ4v) is 2.15. The lowest BCUT2D eigenvalue weighted by atomic mass is 10.1. The Bertz CT molecular complexity index is 825. The number of esters is 1. The molecule has 132 valence electrons. The number of carbonyl (C=O) groups is 2. The van der Waals surface area contributed by atoms with Crippen molar-refractivity contribution in [1.29, 1.82) is 0 Å². The lowest BCUT2D eigenvalue weighted by Gasteiger charge is -1.98. The summed E-state index contributed by atoms with van der Waals surface area (Å²) in [6.07, 6.45) is 9.76. The Labute approximate surface area is 152 Å². The number of rotatable bonds is 7. The first-order chi connectivity index (χ1) is 12.6. The van der Waals surface area contributed by atoms with Gasteiger partial charge in [0, 0.05) is 12.2 Å². The van der Waals surface area contributed by atoms with Gasteiger partial charge in [-0.1, -0.05) is 60.7 Å². The van der Waals surface area contributed by atoms with Gasteiger partial charge >= 0.3 is 11.9 Å². The Kier molecular flexibility index (Phi) is 7.13. The monoisotopic (exact) mass is 348 g/mol. The molecule has 0 heterocycles. The molecule has 0 radical (unpaired) electrons. The zero-order chi connectivity index (χ0) is 18.8. The molecule has 0 saturated heterocycles. The van der Waals surface area contributed by atoms with Crippen LogP contribution in [0.3, 0.4) is 0 Å². The van der Waals surface area contributed by atoms with Gasteiger partial charge in [0.25, 0.3) is 0 Å². The minimum Gasteiger partial charge on any atom is -0.478 e. The van der Waals surface area contributed by atoms with E-state index >= 15 is 0 Å². The predicted octanol–water partition coefficient (Wildman–Crippen LogP) is 4.53. The van der Waals surface area contributed by atoms with Gasteiger partial charge < -0.3 is 9.84 Å². The van der Waals surface area contributed by atoms with E-state index in [9.17, 15) is 9.59 Å². The maximum Gasteiger partial charge on any atom is 0.330 e. The molecule has 1 N–H and O–H groups in total. The molecule has 0 atom stereocenters. The Morgan fingerprint density at radius 2 is 1.15 bits per heavy atom. The summed E-state index contributed by atoms with van der Waals surface area (Å²) in [5.41, 5.74) is 3.81. The van der Waals surface area contributed by atoms with Gasteiger partial charge in [0.2, 0.25) is 0 Å². The third-order valence-corrected chi connectivity index (χ3v) is 3.46. The molecular formula is C22H20O4. The minimum absolute atomic E-state index is 0.349. The van der Waals surface area contributed by atoms with Crippen LogP contribution in [0.4, 0.5) is 0 Å². The van der Waals surface area contributed by atoms with Crippen molar-refractivity contribution in [2.24, 2.45) is 0 Å². The number of carbonyl (C=O) groups excluding carboxylic acids is 1. The lowest BCUT2D eigenvalue weighted by Crippen LogP contribution is -1.98. The summed E-state index contributed by atoms with van der Waals surface area (Å²) in [7, 11) is 0. The molecule has 0 aliphatic heterocycles. The Morgan fingerprint density at radius 1 is 0.769 bits per heavy atom. The predicted molar refractivity (Wildman–Crippen MR) is 104 cm³/mol. The van der Waals surface area contributed by atoms with Crippen LogP contribution in [0.5, 0.6) is 0 Å². The highest BCUT2D eigenvalue weighted by Gasteiger charge is 1.95. The average molecular weight is 348 g/mol. The van der Waals surface area contributed by atoms with E-state index in [2.05, 4.69) is 0 Å². The second-order valence-corrected chi connectivity index (χ2v) is 5.42. The Morgan fingerprint density at radius 3 is 1.54 bits per heavy atom. The van der Waals surface area contributed by atoms with Gasteiger partial charge in [-0.25, -0.2) is 9.59 Å². The zero-order valence-corrected chi connectivity index (χ0v) is 14.5. The van der Waals surface area contributed by atoms with Gasteiger partial charge in [0.05, 0.1) is 6.61 Å². The molecule has 0 saturated carbocycles. The normalized spacial score (nSPS) is 11.4. The summed E-state index contributed by atoms with van der Waals surface area (Å²) in [4.78, 5) is 21.8. The average Bonchev–Trinajstić information content (AvgIpc) is 2.65. The number of benzene rings is 2. The van der Waals surface area contributed by atoms with Crippen molar-refractivity contribution in [2.45, 2.75) is 6.92 Å². The number of carboxylic acid groups (broad SMARTS) is 1. The van der Waals surface area contributed by atoms with E-state index in [-0.39, 0.29) is 5.97 Å². The molecule has 2 aromatic carbocycles. The molecule has 4 nitrogen and oxygen atoms in total. The molecule has 0 spiro atoms. The first kappa shape index (κ1) is 18.9. The number of hydrogen-bond donors (Lipinski definition) is 1. The maximum absolute atomic E-state index is 11.3. The van der Waals surface area contributed by atoms with Gasteiger partial charge in [-0.2, -0.15) is 0 Å². The molecule has 26 heavy (non-hydrogen) atoms. The summed E-state index contributed by atoms with van der Waals surface area (Å²) in [6.45, 7) is 2.14. The number of carboxylic acids is 1. The molecule has 4 heteroatoms. The second-order valence-electron chi connectivity index (χ2n) is 5.42. The fraction of sp³-hybridized carbons (Fsp3) is 0.0909. The molecule has 0 aliphatic carbocycles. The van der Waals surface area contributed by atoms with E-state index in [1.54, 1.807) is 19.1 Å². The van der Waals surface area contributed by atoms with Crippen LogP contribution in [0, 0.1) is 0 Å². The quantitative estimate of drug-likeness (QED) is 0.453. The standard InChI is InChI=1S/C22H20O4/c1-2-26-22(25)16-14-20-11-7-18(8-12-20)4-3-17-5-9-19(10-6-17)13-15-21(23)24/h3-16H,2H2,1H3,(H,23,24). The van der Waals surface area contributed by atoms with Crippen molar-refractivity contribution in [1.82, 2.24) is 0 Å². The van der Waals surface area contributed by atoms with Crippen LogP contribution in [0.25, 0.3) is 24.3 Å². The highest BCUT2D eigenvalue weighted by atomic mass is 16.5. The number of hydrogen-bond acceptors (Lipinski definition) is 3. The van der Waals surface area contributed by atoms with Crippen LogP contribution in [-0.4, -0.2) is 23.7 Å². The van der Waals surface area contributed by atoms with Gasteiger partial charge in [0.15, 0.2) is 0 Å². The summed E-state index contributed by atoms with van der Waals surface area (Å²) >= 11 is 0. The molecule has 0 unspecified atom stereocenters. The molecule has 2 aromatic rings. The summed E-state index contributed by atoms with van der Waals surface area (Å²) in [6, 6.07) is 15.4. The van der Waals surface area contributed by atoms with E-state index in [0.717, 1.165) is 28.3 Å². The van der Waals surface area contributed by atoms with Crippen molar-refractivity contribution in [3.8, 4) is 0 Å². The van der Waals surface area contributed by atoms with E-state index in [4.69, 9.17) is 9.84 Å². The maximum atomic E-state index is 11.3. The highest BCUT2D eigenvalue weighted by molar-refractivity contribution is 5.87. The minimum atomic E-state index is -0.963. The first-order valence-corrected chi connectivity index (χ1v) is 8.21. The molecular weight excluding hydrogens is 328 g/mol. The van der Waals surface area contributed by atoms with Crippen LogP contribution in [0.15, 0.2) is 60.7 Å². The second kappa shape index (κ2) is 9.79. The van der Waals surface area contributed by atoms with E-state index < -0.39 is 5.97 Å². The van der Waals surface area contributed by atoms with Crippen molar-refractivity contribution in [3.63, 3.8) is 0 Å². The van der Waals surface area contributed by atoms with Crippen LogP contribution < -0.4 is 0 Å². The van der Waals surface area contributed by atoms with E-state index in [0.29, 0.717) is 6.61 Å². The van der Waals surface area contributed by atoms with Crippen LogP contribution in [0.2, 0.25) is 0 Å². The zero-order valence-electron chi connectivity index (χ0n) is 14.5. The number of aliphatic carboxylic acids is 1. The fourth-order valence-electron chi connectivity index (χ4n) is 2.15. The lowest BCUT2D eigenvalue weighted by molar-refractivity contribution is -0.137. The van der Waals surface area contributed by atoms with Gasteiger partial charge in [-0.3, -0.25) is 0 Å². The van der Waals surface area contributed by atoms with E-state index in [1.165, 1.54) is 6.08 Å². The van der Waals surface area contributed by atoms with Crippen molar-refractivity contribution >= 4 is 36.2 Å². The first-order valence-electron chi connectivity index (χ1n) is 8.21. The molecule has 0 amide bonds. The Balaban J connectivity index is 1.97. The topological polar surface area (TPSA) is 63.6 Å². The SMILES string of the molecule is CCOC(=O)C=Cc1ccc(C=Cc2ccc(C=CC(=O)O)cc2)cc1. The molecule has 2 rings (SSSR count). The third kappa shape index (κ3) is 6.61. The Hall–Kier alpha value is -3.40. The van der Waals surface area contributed by atoms with Crippen LogP contribution >= 0.6 is 0 Å². The molecule has 0 aliphatic rings.